The van der Waals surface area contributed by atoms with Crippen molar-refractivity contribution in [3.05, 3.63) is 64.8 Å². The monoisotopic (exact) mass is 482 g/mol. The number of nitriles is 1. The van der Waals surface area contributed by atoms with Crippen LogP contribution in [0.15, 0.2) is 53.4 Å². The van der Waals surface area contributed by atoms with Gasteiger partial charge < -0.3 is 14.8 Å². The number of aromatic nitrogens is 4. The first-order valence-electron chi connectivity index (χ1n) is 9.19. The lowest BCUT2D eigenvalue weighted by Crippen LogP contribution is -2.11. The van der Waals surface area contributed by atoms with E-state index in [4.69, 9.17) is 9.47 Å². The lowest BCUT2D eigenvalue weighted by molar-refractivity contribution is 0.267. The predicted molar refractivity (Wildman–Crippen MR) is 116 cm³/mol. The predicted octanol–water partition coefficient (Wildman–Crippen LogP) is 4.43. The van der Waals surface area contributed by atoms with Crippen molar-refractivity contribution in [2.75, 3.05) is 19.0 Å². The summed E-state index contributed by atoms with van der Waals surface area (Å²) >= 11 is 3.24. The van der Waals surface area contributed by atoms with Crippen LogP contribution in [0.5, 0.6) is 11.5 Å². The molecule has 4 aromatic rings. The summed E-state index contributed by atoms with van der Waals surface area (Å²) < 4.78 is 26.3. The Bertz CT molecular complexity index is 1270. The van der Waals surface area contributed by atoms with Crippen molar-refractivity contribution in [1.82, 2.24) is 20.0 Å². The van der Waals surface area contributed by atoms with E-state index in [0.29, 0.717) is 45.7 Å². The van der Waals surface area contributed by atoms with Crippen molar-refractivity contribution in [1.29, 1.82) is 5.26 Å². The number of halogens is 2. The Labute approximate surface area is 185 Å². The molecule has 0 unspecified atom stereocenters. The molecule has 0 aliphatic carbocycles. The second kappa shape index (κ2) is 8.97. The molecule has 2 heterocycles. The topological polar surface area (TPSA) is 97.9 Å². The van der Waals surface area contributed by atoms with Gasteiger partial charge in [0.1, 0.15) is 18.5 Å². The van der Waals surface area contributed by atoms with Gasteiger partial charge in [-0.1, -0.05) is 15.9 Å². The molecule has 0 aliphatic heterocycles. The number of fused-ring (bicyclic) bond motifs is 1. The van der Waals surface area contributed by atoms with Gasteiger partial charge in [0.2, 0.25) is 0 Å². The molecule has 0 fully saturated rings. The van der Waals surface area contributed by atoms with Crippen LogP contribution in [0, 0.1) is 17.1 Å². The Morgan fingerprint density at radius 3 is 2.71 bits per heavy atom. The van der Waals surface area contributed by atoms with Crippen LogP contribution >= 0.6 is 15.9 Å². The molecule has 156 valence electrons. The summed E-state index contributed by atoms with van der Waals surface area (Å²) in [5.41, 5.74) is 1.50. The zero-order valence-corrected chi connectivity index (χ0v) is 17.9. The second-order valence-electron chi connectivity index (χ2n) is 6.40. The van der Waals surface area contributed by atoms with Gasteiger partial charge in [0.25, 0.3) is 0 Å². The summed E-state index contributed by atoms with van der Waals surface area (Å²) in [6, 6.07) is 10.2. The quantitative estimate of drug-likeness (QED) is 0.415. The molecule has 31 heavy (non-hydrogen) atoms. The molecule has 0 atom stereocenters. The van der Waals surface area contributed by atoms with Crippen LogP contribution < -0.4 is 14.8 Å². The summed E-state index contributed by atoms with van der Waals surface area (Å²) in [4.78, 5) is 5.87. The Balaban J connectivity index is 1.70. The van der Waals surface area contributed by atoms with Crippen molar-refractivity contribution >= 4 is 38.2 Å². The third kappa shape index (κ3) is 4.41. The highest BCUT2D eigenvalue weighted by Gasteiger charge is 2.16. The highest BCUT2D eigenvalue weighted by molar-refractivity contribution is 9.10. The van der Waals surface area contributed by atoms with Crippen LogP contribution in [0.4, 0.5) is 15.8 Å². The van der Waals surface area contributed by atoms with Gasteiger partial charge in [-0.3, -0.25) is 4.98 Å². The zero-order valence-electron chi connectivity index (χ0n) is 16.3. The minimum absolute atomic E-state index is 0.234. The standard InChI is InChI=1S/C21H16BrFN6O2/c1-30-19-9-15-18(10-20(19)31-7-6-29-26-4-5-27-29)25-12-13(11-24)21(15)28-17-3-2-14(22)8-16(17)23/h2-5,8-10,12H,6-7H2,1H3,(H,25,28). The first-order chi connectivity index (χ1) is 15.1. The molecule has 2 aromatic heterocycles. The maximum atomic E-state index is 14.4. The van der Waals surface area contributed by atoms with E-state index >= 15 is 0 Å². The number of anilines is 2. The molecule has 10 heteroatoms. The van der Waals surface area contributed by atoms with Gasteiger partial charge in [-0.2, -0.15) is 20.3 Å². The number of hydrogen-bond donors (Lipinski definition) is 1. The smallest absolute Gasteiger partial charge is 0.163 e. The van der Waals surface area contributed by atoms with Crippen molar-refractivity contribution in [2.24, 2.45) is 0 Å². The number of hydrogen-bond acceptors (Lipinski definition) is 7. The van der Waals surface area contributed by atoms with Gasteiger partial charge >= 0.3 is 0 Å². The fourth-order valence-electron chi connectivity index (χ4n) is 3.01. The Hall–Kier alpha value is -3.71. The lowest BCUT2D eigenvalue weighted by atomic mass is 10.1. The average Bonchev–Trinajstić information content (AvgIpc) is 3.28. The van der Waals surface area contributed by atoms with Gasteiger partial charge in [-0.05, 0) is 24.3 Å². The van der Waals surface area contributed by atoms with E-state index in [-0.39, 0.29) is 11.3 Å². The molecular weight excluding hydrogens is 467 g/mol. The van der Waals surface area contributed by atoms with E-state index in [0.717, 1.165) is 0 Å². The minimum Gasteiger partial charge on any atom is -0.493 e. The van der Waals surface area contributed by atoms with Crippen LogP contribution in [0.1, 0.15) is 5.56 Å². The number of pyridine rings is 1. The SMILES string of the molecule is COc1cc2c(Nc3ccc(Br)cc3F)c(C#N)cnc2cc1OCCn1nccn1. The number of nitrogens with one attached hydrogen (secondary N) is 1. The van der Waals surface area contributed by atoms with E-state index in [9.17, 15) is 9.65 Å². The third-order valence-electron chi connectivity index (χ3n) is 4.48. The largest absolute Gasteiger partial charge is 0.493 e. The fourth-order valence-corrected chi connectivity index (χ4v) is 3.35. The van der Waals surface area contributed by atoms with Crippen molar-refractivity contribution < 1.29 is 13.9 Å². The van der Waals surface area contributed by atoms with Crippen LogP contribution in [0.3, 0.4) is 0 Å². The Morgan fingerprint density at radius 2 is 2.00 bits per heavy atom. The average molecular weight is 483 g/mol. The minimum atomic E-state index is -0.456. The number of benzene rings is 2. The molecule has 0 bridgehead atoms. The summed E-state index contributed by atoms with van der Waals surface area (Å²) in [5, 5.41) is 21.2. The molecule has 4 rings (SSSR count). The lowest BCUT2D eigenvalue weighted by Gasteiger charge is -2.15. The summed E-state index contributed by atoms with van der Waals surface area (Å²) in [6.45, 7) is 0.784. The van der Waals surface area contributed by atoms with E-state index in [2.05, 4.69) is 42.5 Å². The number of nitrogens with zero attached hydrogens (tertiary/aromatic N) is 5. The summed E-state index contributed by atoms with van der Waals surface area (Å²) in [6.07, 6.45) is 4.62. The van der Waals surface area contributed by atoms with Gasteiger partial charge in [0, 0.05) is 22.1 Å². The normalized spacial score (nSPS) is 10.6. The highest BCUT2D eigenvalue weighted by atomic mass is 79.9. The Morgan fingerprint density at radius 1 is 1.19 bits per heavy atom. The highest BCUT2D eigenvalue weighted by Crippen LogP contribution is 2.37. The summed E-state index contributed by atoms with van der Waals surface area (Å²) in [7, 11) is 1.52. The second-order valence-corrected chi connectivity index (χ2v) is 7.32. The van der Waals surface area contributed by atoms with E-state index < -0.39 is 5.82 Å². The number of ether oxygens (including phenoxy) is 2. The van der Waals surface area contributed by atoms with Crippen molar-refractivity contribution in [3.8, 4) is 17.6 Å². The van der Waals surface area contributed by atoms with E-state index in [1.807, 2.05) is 0 Å². The number of rotatable bonds is 7. The van der Waals surface area contributed by atoms with Crippen molar-refractivity contribution in [2.45, 2.75) is 6.54 Å². The molecule has 8 nitrogen and oxygen atoms in total. The molecule has 0 saturated heterocycles. The Kier molecular flexibility index (Phi) is 5.95. The van der Waals surface area contributed by atoms with E-state index in [1.54, 1.807) is 36.7 Å². The van der Waals surface area contributed by atoms with Crippen LogP contribution in [-0.4, -0.2) is 33.7 Å². The first-order valence-corrected chi connectivity index (χ1v) is 9.98. The van der Waals surface area contributed by atoms with Crippen molar-refractivity contribution in [3.63, 3.8) is 0 Å². The molecule has 0 spiro atoms. The van der Waals surface area contributed by atoms with Crippen LogP contribution in [0.2, 0.25) is 0 Å². The van der Waals surface area contributed by atoms with Gasteiger partial charge in [0.05, 0.1) is 48.5 Å². The third-order valence-corrected chi connectivity index (χ3v) is 4.97. The summed E-state index contributed by atoms with van der Waals surface area (Å²) in [5.74, 6) is 0.486. The van der Waals surface area contributed by atoms with Crippen LogP contribution in [-0.2, 0) is 6.54 Å². The fraction of sp³-hybridized carbons (Fsp3) is 0.143. The van der Waals surface area contributed by atoms with Gasteiger partial charge in [-0.15, -0.1) is 0 Å². The molecule has 1 N–H and O–H groups in total. The molecule has 0 radical (unpaired) electrons. The molecule has 2 aromatic carbocycles. The molecular formula is C21H16BrFN6O2. The van der Waals surface area contributed by atoms with Gasteiger partial charge in [-0.25, -0.2) is 4.39 Å². The van der Waals surface area contributed by atoms with Crippen LogP contribution in [0.25, 0.3) is 10.9 Å². The zero-order chi connectivity index (χ0) is 21.8. The molecule has 0 amide bonds. The molecule has 0 aliphatic rings. The van der Waals surface area contributed by atoms with E-state index in [1.165, 1.54) is 24.2 Å². The molecule has 0 saturated carbocycles. The maximum absolute atomic E-state index is 14.4. The maximum Gasteiger partial charge on any atom is 0.163 e. The first kappa shape index (κ1) is 20.6. The van der Waals surface area contributed by atoms with Gasteiger partial charge in [0.15, 0.2) is 11.5 Å². The number of methoxy groups -OCH3 is 1.